The van der Waals surface area contributed by atoms with E-state index in [-0.39, 0.29) is 11.8 Å². The Balaban J connectivity index is 1.31. The molecule has 196 valence electrons. The molecule has 0 aliphatic heterocycles. The molecule has 2 amide bonds. The molecule has 2 fully saturated rings. The Kier molecular flexibility index (Phi) is 8.43. The van der Waals surface area contributed by atoms with E-state index >= 15 is 0 Å². The number of ether oxygens (including phenoxy) is 1. The van der Waals surface area contributed by atoms with Gasteiger partial charge in [-0.25, -0.2) is 0 Å². The Morgan fingerprint density at radius 1 is 0.568 bits per heavy atom. The lowest BCUT2D eigenvalue weighted by Gasteiger charge is -2.27. The average molecular weight is 509 g/mol. The van der Waals surface area contributed by atoms with Crippen LogP contribution in [0.1, 0.15) is 51.4 Å². The second-order valence-corrected chi connectivity index (χ2v) is 9.80. The van der Waals surface area contributed by atoms with Crippen molar-refractivity contribution in [1.29, 1.82) is 0 Å². The normalized spacial score (nSPS) is 23.5. The predicted molar refractivity (Wildman–Crippen MR) is 136 cm³/mol. The van der Waals surface area contributed by atoms with E-state index < -0.39 is 35.6 Å². The molecule has 2 aromatic rings. The molecule has 37 heavy (non-hydrogen) atoms. The van der Waals surface area contributed by atoms with Gasteiger partial charge in [-0.15, -0.1) is 0 Å². The maximum Gasteiger partial charge on any atom is 0.307 e. The van der Waals surface area contributed by atoms with Gasteiger partial charge in [0.2, 0.25) is 11.8 Å². The topological polar surface area (TPSA) is 142 Å². The molecule has 2 aliphatic carbocycles. The van der Waals surface area contributed by atoms with Crippen LogP contribution >= 0.6 is 0 Å². The molecule has 4 N–H and O–H groups in total. The van der Waals surface area contributed by atoms with Gasteiger partial charge in [-0.3, -0.25) is 19.2 Å². The zero-order valence-corrected chi connectivity index (χ0v) is 20.5. The first-order valence-electron chi connectivity index (χ1n) is 12.8. The Morgan fingerprint density at radius 2 is 0.892 bits per heavy atom. The maximum absolute atomic E-state index is 12.7. The average Bonchev–Trinajstić information content (AvgIpc) is 2.90. The lowest BCUT2D eigenvalue weighted by atomic mass is 9.78. The van der Waals surface area contributed by atoms with E-state index in [0.717, 1.165) is 25.7 Å². The number of nitrogens with one attached hydrogen (secondary N) is 2. The summed E-state index contributed by atoms with van der Waals surface area (Å²) in [6, 6.07) is 13.6. The van der Waals surface area contributed by atoms with Crippen molar-refractivity contribution < 1.29 is 34.1 Å². The standard InChI is InChI=1S/C28H32N2O7/c31-25(21-5-1-3-7-23(21)27(33)34)29-17-9-13-19(14-10-17)37-20-15-11-18(12-16-20)30-26(32)22-6-2-4-8-24(22)28(35)36/h9-16,21-24H,1-8H2,(H,29,31)(H,30,32)(H,33,34)(H,35,36). The third-order valence-electron chi connectivity index (χ3n) is 7.32. The van der Waals surface area contributed by atoms with Gasteiger partial charge in [0.05, 0.1) is 23.7 Å². The summed E-state index contributed by atoms with van der Waals surface area (Å²) in [6.45, 7) is 0. The summed E-state index contributed by atoms with van der Waals surface area (Å²) in [5.74, 6) is -3.67. The van der Waals surface area contributed by atoms with Crippen molar-refractivity contribution in [2.24, 2.45) is 23.7 Å². The third kappa shape index (κ3) is 6.67. The molecule has 9 heteroatoms. The first-order chi connectivity index (χ1) is 17.8. The highest BCUT2D eigenvalue weighted by atomic mass is 16.5. The molecule has 2 aliphatic rings. The summed E-state index contributed by atoms with van der Waals surface area (Å²) >= 11 is 0. The Bertz CT molecular complexity index is 1040. The van der Waals surface area contributed by atoms with Crippen molar-refractivity contribution in [3.63, 3.8) is 0 Å². The highest BCUT2D eigenvalue weighted by Crippen LogP contribution is 2.33. The second-order valence-electron chi connectivity index (χ2n) is 9.80. The van der Waals surface area contributed by atoms with Gasteiger partial charge in [-0.1, -0.05) is 25.7 Å². The predicted octanol–water partition coefficient (Wildman–Crippen LogP) is 5.14. The molecule has 4 rings (SSSR count). The fraction of sp³-hybridized carbons (Fsp3) is 0.429. The smallest absolute Gasteiger partial charge is 0.307 e. The zero-order chi connectivity index (χ0) is 26.4. The molecule has 2 aromatic carbocycles. The number of carboxylic acids is 2. The molecule has 0 radical (unpaired) electrons. The van der Waals surface area contributed by atoms with Crippen LogP contribution in [0.4, 0.5) is 11.4 Å². The van der Waals surface area contributed by atoms with Crippen molar-refractivity contribution in [3.8, 4) is 11.5 Å². The zero-order valence-electron chi connectivity index (χ0n) is 20.5. The van der Waals surface area contributed by atoms with E-state index in [2.05, 4.69) is 10.6 Å². The first-order valence-corrected chi connectivity index (χ1v) is 12.8. The maximum atomic E-state index is 12.7. The molecule has 2 saturated carbocycles. The van der Waals surface area contributed by atoms with Gasteiger partial charge in [-0.05, 0) is 74.2 Å². The largest absolute Gasteiger partial charge is 0.481 e. The Morgan fingerprint density at radius 3 is 1.22 bits per heavy atom. The number of hydrogen-bond acceptors (Lipinski definition) is 5. The SMILES string of the molecule is O=C(O)C1CCCCC1C(=O)Nc1ccc(Oc2ccc(NC(=O)C3CCCCC3C(=O)O)cc2)cc1. The molecule has 0 aromatic heterocycles. The number of anilines is 2. The fourth-order valence-corrected chi connectivity index (χ4v) is 5.30. The van der Waals surface area contributed by atoms with E-state index in [0.29, 0.717) is 48.6 Å². The molecule has 0 spiro atoms. The Hall–Kier alpha value is -3.88. The van der Waals surface area contributed by atoms with Crippen LogP contribution in [0.15, 0.2) is 48.5 Å². The summed E-state index contributed by atoms with van der Waals surface area (Å²) < 4.78 is 5.85. The van der Waals surface area contributed by atoms with Crippen LogP contribution in [-0.4, -0.2) is 34.0 Å². The summed E-state index contributed by atoms with van der Waals surface area (Å²) in [5.41, 5.74) is 1.13. The number of hydrogen-bond donors (Lipinski definition) is 4. The molecular weight excluding hydrogens is 476 g/mol. The molecule has 4 atom stereocenters. The third-order valence-corrected chi connectivity index (χ3v) is 7.32. The molecule has 9 nitrogen and oxygen atoms in total. The number of aliphatic carboxylic acids is 2. The highest BCUT2D eigenvalue weighted by Gasteiger charge is 2.36. The van der Waals surface area contributed by atoms with Gasteiger partial charge in [0.15, 0.2) is 0 Å². The van der Waals surface area contributed by atoms with E-state index in [4.69, 9.17) is 4.74 Å². The van der Waals surface area contributed by atoms with E-state index in [1.807, 2.05) is 0 Å². The second kappa shape index (κ2) is 11.9. The quantitative estimate of drug-likeness (QED) is 0.387. The van der Waals surface area contributed by atoms with Crippen LogP contribution in [0.2, 0.25) is 0 Å². The fourth-order valence-electron chi connectivity index (χ4n) is 5.30. The minimum Gasteiger partial charge on any atom is -0.481 e. The van der Waals surface area contributed by atoms with Crippen molar-refractivity contribution in [2.45, 2.75) is 51.4 Å². The van der Waals surface area contributed by atoms with Crippen LogP contribution in [0.3, 0.4) is 0 Å². The van der Waals surface area contributed by atoms with Gasteiger partial charge in [-0.2, -0.15) is 0 Å². The van der Waals surface area contributed by atoms with Crippen LogP contribution in [0, 0.1) is 23.7 Å². The van der Waals surface area contributed by atoms with Crippen LogP contribution in [0.25, 0.3) is 0 Å². The van der Waals surface area contributed by atoms with E-state index in [1.54, 1.807) is 48.5 Å². The van der Waals surface area contributed by atoms with Crippen LogP contribution in [-0.2, 0) is 19.2 Å². The summed E-state index contributed by atoms with van der Waals surface area (Å²) in [4.78, 5) is 48.3. The number of carboxylic acid groups (broad SMARTS) is 2. The molecule has 4 unspecified atom stereocenters. The highest BCUT2D eigenvalue weighted by molar-refractivity contribution is 5.96. The summed E-state index contributed by atoms with van der Waals surface area (Å²) in [7, 11) is 0. The van der Waals surface area contributed by atoms with Crippen LogP contribution < -0.4 is 15.4 Å². The van der Waals surface area contributed by atoms with Gasteiger partial charge in [0, 0.05) is 11.4 Å². The van der Waals surface area contributed by atoms with Gasteiger partial charge in [0.25, 0.3) is 0 Å². The lowest BCUT2D eigenvalue weighted by molar-refractivity contribution is -0.148. The monoisotopic (exact) mass is 508 g/mol. The number of rotatable bonds is 8. The van der Waals surface area contributed by atoms with E-state index in [1.165, 1.54) is 0 Å². The Labute approximate surface area is 215 Å². The van der Waals surface area contributed by atoms with Gasteiger partial charge >= 0.3 is 11.9 Å². The van der Waals surface area contributed by atoms with Gasteiger partial charge < -0.3 is 25.6 Å². The van der Waals surface area contributed by atoms with Crippen molar-refractivity contribution in [2.75, 3.05) is 10.6 Å². The summed E-state index contributed by atoms with van der Waals surface area (Å²) in [6.07, 6.45) is 5.53. The molecule has 0 heterocycles. The van der Waals surface area contributed by atoms with E-state index in [9.17, 15) is 29.4 Å². The minimum atomic E-state index is -0.923. The number of carbonyl (C=O) groups excluding carboxylic acids is 2. The minimum absolute atomic E-state index is 0.277. The van der Waals surface area contributed by atoms with Crippen molar-refractivity contribution in [1.82, 2.24) is 0 Å². The van der Waals surface area contributed by atoms with Gasteiger partial charge in [0.1, 0.15) is 11.5 Å². The lowest BCUT2D eigenvalue weighted by Crippen LogP contribution is -2.36. The number of benzene rings is 2. The first kappa shape index (κ1) is 26.2. The molecule has 0 bridgehead atoms. The number of amides is 2. The number of carbonyl (C=O) groups is 4. The van der Waals surface area contributed by atoms with Crippen molar-refractivity contribution in [3.05, 3.63) is 48.5 Å². The van der Waals surface area contributed by atoms with Crippen LogP contribution in [0.5, 0.6) is 11.5 Å². The molecular formula is C28H32N2O7. The van der Waals surface area contributed by atoms with Crippen molar-refractivity contribution >= 4 is 35.1 Å². The summed E-state index contributed by atoms with van der Waals surface area (Å²) in [5, 5.41) is 24.5. The molecule has 0 saturated heterocycles.